The third-order valence-electron chi connectivity index (χ3n) is 3.72. The second-order valence-electron chi connectivity index (χ2n) is 5.12. The van der Waals surface area contributed by atoms with Crippen LogP contribution in [-0.4, -0.2) is 49.1 Å². The molecule has 2 rings (SSSR count). The maximum atomic E-state index is 12.0. The number of likely N-dealkylation sites (N-methyl/N-ethyl adjacent to an activating group) is 2. The van der Waals surface area contributed by atoms with Gasteiger partial charge in [0.2, 0.25) is 0 Å². The number of amides is 2. The summed E-state index contributed by atoms with van der Waals surface area (Å²) in [4.78, 5) is 15.7. The maximum absolute atomic E-state index is 12.0. The Morgan fingerprint density at radius 3 is 2.63 bits per heavy atom. The van der Waals surface area contributed by atoms with Crippen molar-refractivity contribution >= 4 is 6.03 Å². The molecule has 0 bridgehead atoms. The molecule has 0 aliphatic carbocycles. The molecule has 1 aliphatic heterocycles. The minimum Gasteiger partial charge on any atom is -0.326 e. The Morgan fingerprint density at radius 2 is 2.05 bits per heavy atom. The number of benzene rings is 1. The lowest BCUT2D eigenvalue weighted by atomic mass is 10.0. The fraction of sp³-hybridized carbons (Fsp3) is 0.533. The van der Waals surface area contributed by atoms with Crippen molar-refractivity contribution in [1.29, 1.82) is 0 Å². The van der Waals surface area contributed by atoms with Crippen molar-refractivity contribution in [3.63, 3.8) is 0 Å². The van der Waals surface area contributed by atoms with Crippen molar-refractivity contribution in [2.45, 2.75) is 19.9 Å². The molecule has 2 amide bonds. The van der Waals surface area contributed by atoms with Gasteiger partial charge < -0.3 is 15.1 Å². The molecule has 1 aliphatic rings. The summed E-state index contributed by atoms with van der Waals surface area (Å²) in [5.74, 6) is 0. The Balaban J connectivity index is 2.13. The summed E-state index contributed by atoms with van der Waals surface area (Å²) < 4.78 is 0. The fourth-order valence-electron chi connectivity index (χ4n) is 2.59. The van der Waals surface area contributed by atoms with E-state index in [0.717, 1.165) is 26.2 Å². The quantitative estimate of drug-likeness (QED) is 0.880. The number of aryl methyl sites for hydroxylation is 1. The molecule has 19 heavy (non-hydrogen) atoms. The van der Waals surface area contributed by atoms with E-state index >= 15 is 0 Å². The van der Waals surface area contributed by atoms with Gasteiger partial charge in [-0.15, -0.1) is 0 Å². The largest absolute Gasteiger partial charge is 0.326 e. The Labute approximate surface area is 115 Å². The van der Waals surface area contributed by atoms with Gasteiger partial charge in [0.25, 0.3) is 0 Å². The lowest BCUT2D eigenvalue weighted by molar-refractivity contribution is 0.194. The first-order valence-corrected chi connectivity index (χ1v) is 6.92. The molecule has 1 saturated heterocycles. The number of hydrogen-bond acceptors (Lipinski definition) is 2. The number of rotatable bonds is 5. The molecule has 1 atom stereocenters. The Hall–Kier alpha value is -1.55. The second kappa shape index (κ2) is 6.06. The van der Waals surface area contributed by atoms with Crippen molar-refractivity contribution in [3.05, 3.63) is 35.4 Å². The molecule has 1 unspecified atom stereocenters. The van der Waals surface area contributed by atoms with Crippen molar-refractivity contribution in [2.75, 3.05) is 33.2 Å². The maximum Gasteiger partial charge on any atom is 0.319 e. The second-order valence-corrected chi connectivity index (χ2v) is 5.12. The number of carbonyl (C=O) groups excluding carboxylic acids is 1. The monoisotopic (exact) mass is 261 g/mol. The highest BCUT2D eigenvalue weighted by Crippen LogP contribution is 2.20. The summed E-state index contributed by atoms with van der Waals surface area (Å²) in [5, 5.41) is 3.49. The summed E-state index contributed by atoms with van der Waals surface area (Å²) in [7, 11) is 1.86. The molecule has 0 aromatic heterocycles. The van der Waals surface area contributed by atoms with Gasteiger partial charge in [0, 0.05) is 26.7 Å². The number of urea groups is 1. The van der Waals surface area contributed by atoms with Crippen LogP contribution in [0.4, 0.5) is 4.79 Å². The van der Waals surface area contributed by atoms with Crippen LogP contribution >= 0.6 is 0 Å². The van der Waals surface area contributed by atoms with Crippen LogP contribution in [0.5, 0.6) is 0 Å². The zero-order chi connectivity index (χ0) is 13.8. The van der Waals surface area contributed by atoms with Gasteiger partial charge in [0.15, 0.2) is 0 Å². The molecule has 0 radical (unpaired) electrons. The topological polar surface area (TPSA) is 35.6 Å². The summed E-state index contributed by atoms with van der Waals surface area (Å²) in [6, 6.07) is 8.73. The van der Waals surface area contributed by atoms with Crippen molar-refractivity contribution in [2.24, 2.45) is 0 Å². The minimum absolute atomic E-state index is 0.136. The van der Waals surface area contributed by atoms with E-state index in [2.05, 4.69) is 43.4 Å². The van der Waals surface area contributed by atoms with Gasteiger partial charge in [-0.05, 0) is 24.6 Å². The molecule has 1 aromatic rings. The summed E-state index contributed by atoms with van der Waals surface area (Å²) >= 11 is 0. The Bertz CT molecular complexity index is 447. The van der Waals surface area contributed by atoms with Crippen molar-refractivity contribution in [1.82, 2.24) is 15.1 Å². The Morgan fingerprint density at radius 1 is 1.32 bits per heavy atom. The van der Waals surface area contributed by atoms with Gasteiger partial charge in [-0.25, -0.2) is 4.79 Å². The van der Waals surface area contributed by atoms with Gasteiger partial charge in [-0.1, -0.05) is 31.2 Å². The molecule has 4 heteroatoms. The molecule has 0 saturated carbocycles. The lowest BCUT2D eigenvalue weighted by Crippen LogP contribution is -2.37. The number of carbonyl (C=O) groups is 1. The molecule has 104 valence electrons. The first kappa shape index (κ1) is 13.9. The molecule has 1 aromatic carbocycles. The van der Waals surface area contributed by atoms with Crippen molar-refractivity contribution < 1.29 is 4.79 Å². The molecular formula is C15H23N3O. The lowest BCUT2D eigenvalue weighted by Gasteiger charge is -2.25. The van der Waals surface area contributed by atoms with Crippen LogP contribution in [0.3, 0.4) is 0 Å². The summed E-state index contributed by atoms with van der Waals surface area (Å²) in [6.07, 6.45) is 0. The van der Waals surface area contributed by atoms with Crippen LogP contribution in [0, 0.1) is 6.92 Å². The molecule has 0 spiro atoms. The standard InChI is InChI=1S/C15H23N3O/c1-4-16-14(13-8-6-5-7-12(13)2)11-18-10-9-17(3)15(18)19/h5-8,14,16H,4,9-11H2,1-3H3. The zero-order valence-electron chi connectivity index (χ0n) is 12.0. The van der Waals surface area contributed by atoms with E-state index in [-0.39, 0.29) is 12.1 Å². The first-order valence-electron chi connectivity index (χ1n) is 6.92. The highest BCUT2D eigenvalue weighted by molar-refractivity contribution is 5.76. The predicted molar refractivity (Wildman–Crippen MR) is 77.2 cm³/mol. The SMILES string of the molecule is CCNC(CN1CCN(C)C1=O)c1ccccc1C. The van der Waals surface area contributed by atoms with Crippen LogP contribution in [0.25, 0.3) is 0 Å². The van der Waals surface area contributed by atoms with Gasteiger partial charge in [-0.2, -0.15) is 0 Å². The van der Waals surface area contributed by atoms with Crippen LogP contribution in [0.15, 0.2) is 24.3 Å². The summed E-state index contributed by atoms with van der Waals surface area (Å²) in [5.41, 5.74) is 2.56. The van der Waals surface area contributed by atoms with Crippen molar-refractivity contribution in [3.8, 4) is 0 Å². The number of nitrogens with zero attached hydrogens (tertiary/aromatic N) is 2. The normalized spacial score (nSPS) is 17.1. The van der Waals surface area contributed by atoms with E-state index in [1.807, 2.05) is 11.9 Å². The first-order chi connectivity index (χ1) is 9.13. The van der Waals surface area contributed by atoms with Gasteiger partial charge in [0.05, 0.1) is 6.04 Å². The highest BCUT2D eigenvalue weighted by atomic mass is 16.2. The molecular weight excluding hydrogens is 238 g/mol. The van der Waals surface area contributed by atoms with E-state index in [4.69, 9.17) is 0 Å². The van der Waals surface area contributed by atoms with Crippen LogP contribution in [0.2, 0.25) is 0 Å². The third kappa shape index (κ3) is 3.07. The average molecular weight is 261 g/mol. The average Bonchev–Trinajstić information content (AvgIpc) is 2.71. The zero-order valence-corrected chi connectivity index (χ0v) is 12.0. The Kier molecular flexibility index (Phi) is 4.43. The summed E-state index contributed by atoms with van der Waals surface area (Å²) in [6.45, 7) is 7.51. The van der Waals surface area contributed by atoms with Gasteiger partial charge in [-0.3, -0.25) is 0 Å². The van der Waals surface area contributed by atoms with E-state index in [0.29, 0.717) is 0 Å². The van der Waals surface area contributed by atoms with Crippen LogP contribution < -0.4 is 5.32 Å². The predicted octanol–water partition coefficient (Wildman–Crippen LogP) is 2.01. The van der Waals surface area contributed by atoms with E-state index in [1.54, 1.807) is 4.90 Å². The van der Waals surface area contributed by atoms with E-state index in [1.165, 1.54) is 11.1 Å². The number of hydrogen-bond donors (Lipinski definition) is 1. The van der Waals surface area contributed by atoms with E-state index < -0.39 is 0 Å². The third-order valence-corrected chi connectivity index (χ3v) is 3.72. The minimum atomic E-state index is 0.136. The van der Waals surface area contributed by atoms with Crippen LogP contribution in [0.1, 0.15) is 24.1 Å². The van der Waals surface area contributed by atoms with Gasteiger partial charge >= 0.3 is 6.03 Å². The van der Waals surface area contributed by atoms with Gasteiger partial charge in [0.1, 0.15) is 0 Å². The molecule has 4 nitrogen and oxygen atoms in total. The smallest absolute Gasteiger partial charge is 0.319 e. The molecule has 1 fully saturated rings. The molecule has 1 heterocycles. The van der Waals surface area contributed by atoms with E-state index in [9.17, 15) is 4.79 Å². The molecule has 1 N–H and O–H groups in total. The fourth-order valence-corrected chi connectivity index (χ4v) is 2.59. The van der Waals surface area contributed by atoms with Crippen LogP contribution in [-0.2, 0) is 0 Å². The highest BCUT2D eigenvalue weighted by Gasteiger charge is 2.28. The number of nitrogens with one attached hydrogen (secondary N) is 1.